The molecule has 2 rings (SSSR count). The molecule has 1 aromatic rings. The first-order valence-electron chi connectivity index (χ1n) is 7.69. The molecule has 1 atom stereocenters. The highest BCUT2D eigenvalue weighted by atomic mass is 32.2. The fourth-order valence-corrected chi connectivity index (χ4v) is 3.70. The van der Waals surface area contributed by atoms with Gasteiger partial charge in [0.25, 0.3) is 0 Å². The number of benzene rings is 1. The van der Waals surface area contributed by atoms with Gasteiger partial charge in [-0.3, -0.25) is 0 Å². The second-order valence-electron chi connectivity index (χ2n) is 6.06. The predicted octanol–water partition coefficient (Wildman–Crippen LogP) is 2.92. The third-order valence-electron chi connectivity index (χ3n) is 4.35. The molecule has 0 bridgehead atoms. The van der Waals surface area contributed by atoms with Crippen LogP contribution in [0.25, 0.3) is 0 Å². The quantitative estimate of drug-likeness (QED) is 0.775. The average molecular weight is 309 g/mol. The topological polar surface area (TPSA) is 41.5 Å². The maximum absolute atomic E-state index is 10.1. The van der Waals surface area contributed by atoms with Gasteiger partial charge in [0, 0.05) is 17.8 Å². The lowest BCUT2D eigenvalue weighted by atomic mass is 9.84. The zero-order valence-electron chi connectivity index (χ0n) is 13.3. The van der Waals surface area contributed by atoms with E-state index < -0.39 is 6.10 Å². The molecule has 4 heteroatoms. The van der Waals surface area contributed by atoms with E-state index in [9.17, 15) is 5.11 Å². The van der Waals surface area contributed by atoms with E-state index in [2.05, 4.69) is 11.6 Å². The van der Waals surface area contributed by atoms with Gasteiger partial charge in [0.2, 0.25) is 0 Å². The van der Waals surface area contributed by atoms with Crippen LogP contribution < -0.4 is 10.1 Å². The third kappa shape index (κ3) is 4.38. The highest BCUT2D eigenvalue weighted by Crippen LogP contribution is 2.42. The van der Waals surface area contributed by atoms with Gasteiger partial charge in [-0.15, -0.1) is 0 Å². The van der Waals surface area contributed by atoms with Crippen LogP contribution in [0.5, 0.6) is 5.75 Å². The van der Waals surface area contributed by atoms with Crippen LogP contribution in [0.1, 0.15) is 30.4 Å². The second-order valence-corrected chi connectivity index (χ2v) is 7.33. The summed E-state index contributed by atoms with van der Waals surface area (Å²) < 4.78 is 6.19. The Morgan fingerprint density at radius 3 is 2.52 bits per heavy atom. The molecule has 3 nitrogen and oxygen atoms in total. The SMILES string of the molecule is CSC1(CNCC(O)COc2c(C)cccc2C)CCC1. The number of aliphatic hydroxyl groups excluding tert-OH is 1. The largest absolute Gasteiger partial charge is 0.490 e. The zero-order chi connectivity index (χ0) is 15.3. The van der Waals surface area contributed by atoms with Crippen molar-refractivity contribution in [3.63, 3.8) is 0 Å². The van der Waals surface area contributed by atoms with E-state index in [0.717, 1.165) is 23.4 Å². The first kappa shape index (κ1) is 16.7. The number of para-hydroxylation sites is 1. The summed E-state index contributed by atoms with van der Waals surface area (Å²) in [7, 11) is 0. The maximum Gasteiger partial charge on any atom is 0.125 e. The molecular weight excluding hydrogens is 282 g/mol. The molecular formula is C17H27NO2S. The van der Waals surface area contributed by atoms with Gasteiger partial charge in [-0.2, -0.15) is 11.8 Å². The van der Waals surface area contributed by atoms with Crippen molar-refractivity contribution in [2.75, 3.05) is 26.0 Å². The van der Waals surface area contributed by atoms with E-state index >= 15 is 0 Å². The predicted molar refractivity (Wildman–Crippen MR) is 90.4 cm³/mol. The molecule has 0 radical (unpaired) electrons. The molecule has 1 unspecified atom stereocenters. The van der Waals surface area contributed by atoms with Gasteiger partial charge in [-0.1, -0.05) is 24.6 Å². The summed E-state index contributed by atoms with van der Waals surface area (Å²) in [5.74, 6) is 0.899. The van der Waals surface area contributed by atoms with E-state index in [1.807, 2.05) is 43.8 Å². The molecule has 21 heavy (non-hydrogen) atoms. The number of aliphatic hydroxyl groups is 1. The summed E-state index contributed by atoms with van der Waals surface area (Å²) in [5, 5.41) is 13.5. The van der Waals surface area contributed by atoms with Gasteiger partial charge in [0.05, 0.1) is 0 Å². The maximum atomic E-state index is 10.1. The number of hydrogen-bond acceptors (Lipinski definition) is 4. The minimum absolute atomic E-state index is 0.338. The number of nitrogens with one attached hydrogen (secondary N) is 1. The van der Waals surface area contributed by atoms with E-state index in [-0.39, 0.29) is 0 Å². The lowest BCUT2D eigenvalue weighted by Crippen LogP contribution is -2.45. The van der Waals surface area contributed by atoms with Crippen LogP contribution in [0.2, 0.25) is 0 Å². The molecule has 0 aliphatic heterocycles. The van der Waals surface area contributed by atoms with E-state index in [1.165, 1.54) is 19.3 Å². The molecule has 0 amide bonds. The highest BCUT2D eigenvalue weighted by Gasteiger charge is 2.35. The smallest absolute Gasteiger partial charge is 0.125 e. The van der Waals surface area contributed by atoms with Crippen LogP contribution in [0, 0.1) is 13.8 Å². The van der Waals surface area contributed by atoms with Crippen molar-refractivity contribution >= 4 is 11.8 Å². The molecule has 0 heterocycles. The summed E-state index contributed by atoms with van der Waals surface area (Å²) in [4.78, 5) is 0. The number of rotatable bonds is 8. The van der Waals surface area contributed by atoms with Gasteiger partial charge < -0.3 is 15.2 Å². The summed E-state index contributed by atoms with van der Waals surface area (Å²) in [6, 6.07) is 6.09. The molecule has 1 saturated carbocycles. The van der Waals surface area contributed by atoms with Crippen LogP contribution in [-0.2, 0) is 0 Å². The summed E-state index contributed by atoms with van der Waals surface area (Å²) >= 11 is 1.95. The van der Waals surface area contributed by atoms with Crippen molar-refractivity contribution in [2.45, 2.75) is 44.0 Å². The molecule has 1 fully saturated rings. The lowest BCUT2D eigenvalue weighted by molar-refractivity contribution is 0.104. The van der Waals surface area contributed by atoms with E-state index in [4.69, 9.17) is 4.74 Å². The van der Waals surface area contributed by atoms with Gasteiger partial charge in [0.15, 0.2) is 0 Å². The molecule has 0 aromatic heterocycles. The summed E-state index contributed by atoms with van der Waals surface area (Å²) in [6.45, 7) is 5.98. The second kappa shape index (κ2) is 7.52. The zero-order valence-corrected chi connectivity index (χ0v) is 14.1. The lowest BCUT2D eigenvalue weighted by Gasteiger charge is -2.40. The van der Waals surface area contributed by atoms with Crippen LogP contribution >= 0.6 is 11.8 Å². The highest BCUT2D eigenvalue weighted by molar-refractivity contribution is 8.00. The number of aryl methyl sites for hydroxylation is 2. The number of hydrogen-bond donors (Lipinski definition) is 2. The molecule has 2 N–H and O–H groups in total. The van der Waals surface area contributed by atoms with Gasteiger partial charge in [-0.05, 0) is 44.1 Å². The van der Waals surface area contributed by atoms with Crippen LogP contribution in [0.3, 0.4) is 0 Å². The summed E-state index contributed by atoms with van der Waals surface area (Å²) in [6.07, 6.45) is 5.62. The first-order chi connectivity index (χ1) is 10.1. The monoisotopic (exact) mass is 309 g/mol. The normalized spacial score (nSPS) is 18.1. The molecule has 0 spiro atoms. The van der Waals surface area contributed by atoms with Crippen LogP contribution in [0.15, 0.2) is 18.2 Å². The minimum atomic E-state index is -0.469. The minimum Gasteiger partial charge on any atom is -0.490 e. The van der Waals surface area contributed by atoms with E-state index in [0.29, 0.717) is 17.9 Å². The Labute approximate surface area is 132 Å². The molecule has 1 aliphatic carbocycles. The third-order valence-corrected chi connectivity index (χ3v) is 5.77. The molecule has 1 aromatic carbocycles. The van der Waals surface area contributed by atoms with Crippen molar-refractivity contribution in [3.05, 3.63) is 29.3 Å². The Kier molecular flexibility index (Phi) is 5.97. The Balaban J connectivity index is 1.71. The Hall–Kier alpha value is -0.710. The number of thioether (sulfide) groups is 1. The van der Waals surface area contributed by atoms with Crippen LogP contribution in [-0.4, -0.2) is 41.9 Å². The van der Waals surface area contributed by atoms with Crippen molar-refractivity contribution in [1.29, 1.82) is 0 Å². The Morgan fingerprint density at radius 2 is 2.00 bits per heavy atom. The Bertz CT molecular complexity index is 434. The van der Waals surface area contributed by atoms with Crippen molar-refractivity contribution in [2.24, 2.45) is 0 Å². The van der Waals surface area contributed by atoms with Crippen molar-refractivity contribution < 1.29 is 9.84 Å². The van der Waals surface area contributed by atoms with Gasteiger partial charge in [-0.25, -0.2) is 0 Å². The average Bonchev–Trinajstić information content (AvgIpc) is 2.41. The summed E-state index contributed by atoms with van der Waals surface area (Å²) in [5.41, 5.74) is 2.23. The molecule has 118 valence electrons. The van der Waals surface area contributed by atoms with Crippen molar-refractivity contribution in [3.8, 4) is 5.75 Å². The van der Waals surface area contributed by atoms with Gasteiger partial charge in [0.1, 0.15) is 18.5 Å². The fourth-order valence-electron chi connectivity index (χ4n) is 2.76. The Morgan fingerprint density at radius 1 is 1.33 bits per heavy atom. The fraction of sp³-hybridized carbons (Fsp3) is 0.647. The number of ether oxygens (including phenoxy) is 1. The first-order valence-corrected chi connectivity index (χ1v) is 8.92. The van der Waals surface area contributed by atoms with Crippen molar-refractivity contribution in [1.82, 2.24) is 5.32 Å². The molecule has 1 aliphatic rings. The molecule has 0 saturated heterocycles. The van der Waals surface area contributed by atoms with E-state index in [1.54, 1.807) is 0 Å². The van der Waals surface area contributed by atoms with Crippen LogP contribution in [0.4, 0.5) is 0 Å². The van der Waals surface area contributed by atoms with Gasteiger partial charge >= 0.3 is 0 Å². The standard InChI is InChI=1S/C17H27NO2S/c1-13-6-4-7-14(2)16(13)20-11-15(19)10-18-12-17(21-3)8-5-9-17/h4,6-7,15,18-19H,5,8-12H2,1-3H3.